The maximum Gasteiger partial charge on any atom is 0.0606 e. The summed E-state index contributed by atoms with van der Waals surface area (Å²) < 4.78 is 2.77. The van der Waals surface area contributed by atoms with Gasteiger partial charge in [-0.25, -0.2) is 0 Å². The highest BCUT2D eigenvalue weighted by molar-refractivity contribution is 7.26. The number of rotatable bonds is 2. The van der Waals surface area contributed by atoms with Crippen LogP contribution in [0.25, 0.3) is 9.40 Å². The Morgan fingerprint density at radius 3 is 2.89 bits per heavy atom. The van der Waals surface area contributed by atoms with Gasteiger partial charge in [0.15, 0.2) is 0 Å². The van der Waals surface area contributed by atoms with Crippen LogP contribution in [0.5, 0.6) is 0 Å². The topological polar surface area (TPSA) is 26.0 Å². The molecule has 1 atom stereocenters. The Labute approximate surface area is 116 Å². The lowest BCUT2D eigenvalue weighted by atomic mass is 9.95. The summed E-state index contributed by atoms with van der Waals surface area (Å²) in [5, 5.41) is 2.16. The molecule has 0 spiro atoms. The van der Waals surface area contributed by atoms with Crippen molar-refractivity contribution in [1.82, 2.24) is 0 Å². The van der Waals surface area contributed by atoms with Crippen LogP contribution in [0.1, 0.15) is 49.4 Å². The van der Waals surface area contributed by atoms with Crippen molar-refractivity contribution in [2.45, 2.75) is 44.6 Å². The Morgan fingerprint density at radius 1 is 1.11 bits per heavy atom. The summed E-state index contributed by atoms with van der Waals surface area (Å²) in [4.78, 5) is 1.34. The average Bonchev–Trinajstić information content (AvgIpc) is 2.87. The molecule has 2 aromatic rings. The third-order valence-electron chi connectivity index (χ3n) is 3.69. The van der Waals surface area contributed by atoms with Crippen LogP contribution < -0.4 is 5.73 Å². The van der Waals surface area contributed by atoms with Crippen molar-refractivity contribution in [2.75, 3.05) is 0 Å². The largest absolute Gasteiger partial charge is 0.320 e. The molecule has 3 heteroatoms. The number of allylic oxidation sites excluding steroid dienone is 1. The molecule has 2 aromatic heterocycles. The average molecular weight is 277 g/mol. The summed E-state index contributed by atoms with van der Waals surface area (Å²) in [7, 11) is 0. The molecule has 0 saturated heterocycles. The van der Waals surface area contributed by atoms with Crippen molar-refractivity contribution in [2.24, 2.45) is 5.73 Å². The van der Waals surface area contributed by atoms with Crippen molar-refractivity contribution in [3.05, 3.63) is 34.0 Å². The van der Waals surface area contributed by atoms with Crippen LogP contribution in [0.3, 0.4) is 0 Å². The summed E-state index contributed by atoms with van der Waals surface area (Å²) in [6, 6.07) is 4.62. The van der Waals surface area contributed by atoms with Gasteiger partial charge in [-0.2, -0.15) is 0 Å². The number of hydrogen-bond acceptors (Lipinski definition) is 3. The van der Waals surface area contributed by atoms with Crippen molar-refractivity contribution in [3.63, 3.8) is 0 Å². The predicted octanol–water partition coefficient (Wildman–Crippen LogP) is 5.24. The van der Waals surface area contributed by atoms with Crippen LogP contribution in [0.4, 0.5) is 0 Å². The minimum absolute atomic E-state index is 0.132. The van der Waals surface area contributed by atoms with Crippen molar-refractivity contribution >= 4 is 32.1 Å². The quantitative estimate of drug-likeness (QED) is 0.746. The normalized spacial score (nSPS) is 22.2. The van der Waals surface area contributed by atoms with Gasteiger partial charge < -0.3 is 5.73 Å². The number of nitrogens with two attached hydrogens (primary N) is 1. The van der Waals surface area contributed by atoms with Crippen LogP contribution in [0.2, 0.25) is 0 Å². The van der Waals surface area contributed by atoms with Gasteiger partial charge in [-0.15, -0.1) is 22.7 Å². The first-order valence-corrected chi connectivity index (χ1v) is 8.45. The molecule has 1 unspecified atom stereocenters. The zero-order valence-electron chi connectivity index (χ0n) is 10.5. The molecule has 0 saturated carbocycles. The van der Waals surface area contributed by atoms with E-state index in [0.717, 1.165) is 0 Å². The minimum atomic E-state index is 0.132. The molecule has 0 amide bonds. The summed E-state index contributed by atoms with van der Waals surface area (Å²) >= 11 is 3.68. The van der Waals surface area contributed by atoms with Crippen molar-refractivity contribution in [3.8, 4) is 0 Å². The smallest absolute Gasteiger partial charge is 0.0606 e. The minimum Gasteiger partial charge on any atom is -0.320 e. The van der Waals surface area contributed by atoms with E-state index < -0.39 is 0 Å². The van der Waals surface area contributed by atoms with E-state index in [2.05, 4.69) is 23.6 Å². The first-order valence-electron chi connectivity index (χ1n) is 6.76. The molecule has 96 valence electrons. The predicted molar refractivity (Wildman–Crippen MR) is 82.4 cm³/mol. The maximum absolute atomic E-state index is 6.46. The highest BCUT2D eigenvalue weighted by atomic mass is 32.1. The van der Waals surface area contributed by atoms with Crippen LogP contribution in [0.15, 0.2) is 29.2 Å². The molecule has 2 heterocycles. The van der Waals surface area contributed by atoms with Crippen LogP contribution in [-0.2, 0) is 0 Å². The first kappa shape index (κ1) is 12.4. The van der Waals surface area contributed by atoms with E-state index in [0.29, 0.717) is 0 Å². The fourth-order valence-electron chi connectivity index (χ4n) is 2.62. The molecule has 2 N–H and O–H groups in total. The Kier molecular flexibility index (Phi) is 3.83. The third-order valence-corrected chi connectivity index (χ3v) is 5.87. The summed E-state index contributed by atoms with van der Waals surface area (Å²) in [5.74, 6) is 0. The Morgan fingerprint density at radius 2 is 2.00 bits per heavy atom. The molecule has 1 aliphatic carbocycles. The fourth-order valence-corrected chi connectivity index (χ4v) is 4.78. The van der Waals surface area contributed by atoms with Gasteiger partial charge in [0, 0.05) is 14.3 Å². The van der Waals surface area contributed by atoms with Gasteiger partial charge >= 0.3 is 0 Å². The van der Waals surface area contributed by atoms with E-state index in [1.807, 2.05) is 22.7 Å². The van der Waals surface area contributed by atoms with Crippen LogP contribution in [0, 0.1) is 0 Å². The summed E-state index contributed by atoms with van der Waals surface area (Å²) in [5.41, 5.74) is 7.92. The lowest BCUT2D eigenvalue weighted by Gasteiger charge is -2.17. The second-order valence-electron chi connectivity index (χ2n) is 5.01. The maximum atomic E-state index is 6.46. The summed E-state index contributed by atoms with van der Waals surface area (Å²) in [6.07, 6.45) is 10.2. The van der Waals surface area contributed by atoms with Gasteiger partial charge in [0.05, 0.1) is 6.04 Å². The van der Waals surface area contributed by atoms with E-state index >= 15 is 0 Å². The number of fused-ring (bicyclic) bond motifs is 1. The van der Waals surface area contributed by atoms with E-state index in [-0.39, 0.29) is 6.04 Å². The van der Waals surface area contributed by atoms with Gasteiger partial charge in [-0.05, 0) is 43.2 Å². The van der Waals surface area contributed by atoms with Crippen molar-refractivity contribution < 1.29 is 0 Å². The number of thiophene rings is 2. The van der Waals surface area contributed by atoms with Gasteiger partial charge in [0.25, 0.3) is 0 Å². The van der Waals surface area contributed by atoms with Crippen LogP contribution in [-0.4, -0.2) is 0 Å². The zero-order chi connectivity index (χ0) is 12.4. The van der Waals surface area contributed by atoms with Gasteiger partial charge in [-0.3, -0.25) is 0 Å². The highest BCUT2D eigenvalue weighted by Gasteiger charge is 2.15. The lowest BCUT2D eigenvalue weighted by Crippen LogP contribution is -2.12. The number of hydrogen-bond donors (Lipinski definition) is 1. The van der Waals surface area contributed by atoms with Crippen LogP contribution >= 0.6 is 22.7 Å². The molecule has 0 aliphatic heterocycles. The van der Waals surface area contributed by atoms with Gasteiger partial charge in [0.1, 0.15) is 0 Å². The molecule has 18 heavy (non-hydrogen) atoms. The molecular weight excluding hydrogens is 258 g/mol. The second-order valence-corrected chi connectivity index (χ2v) is 7.07. The second kappa shape index (κ2) is 5.55. The zero-order valence-corrected chi connectivity index (χ0v) is 12.2. The molecule has 1 nitrogen and oxygen atoms in total. The third kappa shape index (κ3) is 2.53. The fraction of sp³-hybridized carbons (Fsp3) is 0.467. The molecule has 0 bridgehead atoms. The van der Waals surface area contributed by atoms with E-state index in [1.54, 1.807) is 0 Å². The van der Waals surface area contributed by atoms with Gasteiger partial charge in [-0.1, -0.05) is 24.5 Å². The monoisotopic (exact) mass is 277 g/mol. The molecule has 3 rings (SSSR count). The van der Waals surface area contributed by atoms with E-state index in [1.165, 1.54) is 58.4 Å². The Balaban J connectivity index is 1.83. The van der Waals surface area contributed by atoms with E-state index in [4.69, 9.17) is 5.73 Å². The highest BCUT2D eigenvalue weighted by Crippen LogP contribution is 2.36. The van der Waals surface area contributed by atoms with Crippen molar-refractivity contribution in [1.29, 1.82) is 0 Å². The first-order chi connectivity index (χ1) is 8.84. The molecule has 0 fully saturated rings. The molecule has 0 aromatic carbocycles. The molecule has 0 radical (unpaired) electrons. The molecule has 1 aliphatic rings. The van der Waals surface area contributed by atoms with E-state index in [9.17, 15) is 0 Å². The summed E-state index contributed by atoms with van der Waals surface area (Å²) in [6.45, 7) is 0. The molecular formula is C15H19NS2. The lowest BCUT2D eigenvalue weighted by molar-refractivity contribution is 0.604. The Bertz CT molecular complexity index is 521. The standard InChI is InChI=1S/C15H19NS2/c16-15(11-6-4-2-1-3-5-7-11)14-10-13-12(18-14)8-9-17-13/h6,8-10,15H,1-5,7,16H2/b11-6+. The Hall–Kier alpha value is -0.640. The van der Waals surface area contributed by atoms with Gasteiger partial charge in [0.2, 0.25) is 0 Å². The SMILES string of the molecule is NC(/C1=C/CCCCCC1)c1cc2sccc2s1.